The topological polar surface area (TPSA) is 52.0 Å². The van der Waals surface area contributed by atoms with Crippen molar-refractivity contribution in [2.45, 2.75) is 0 Å². The first kappa shape index (κ1) is 11.6. The van der Waals surface area contributed by atoms with Crippen molar-refractivity contribution in [1.29, 1.82) is 0 Å². The molecule has 0 fully saturated rings. The van der Waals surface area contributed by atoms with Gasteiger partial charge in [-0.05, 0) is 36.4 Å². The highest BCUT2D eigenvalue weighted by Crippen LogP contribution is 2.32. The van der Waals surface area contributed by atoms with E-state index in [1.54, 1.807) is 18.2 Å². The molecule has 0 aliphatic rings. The molecule has 3 aromatic rings. The van der Waals surface area contributed by atoms with Gasteiger partial charge in [0.25, 0.3) is 0 Å². The Kier molecular flexibility index (Phi) is 2.76. The van der Waals surface area contributed by atoms with Crippen molar-refractivity contribution in [3.05, 3.63) is 45.9 Å². The van der Waals surface area contributed by atoms with Crippen LogP contribution in [0.3, 0.4) is 0 Å². The maximum Gasteiger partial charge on any atom is 0.228 e. The highest BCUT2D eigenvalue weighted by Gasteiger charge is 2.12. The Morgan fingerprint density at radius 3 is 2.83 bits per heavy atom. The summed E-state index contributed by atoms with van der Waals surface area (Å²) >= 11 is 9.52. The summed E-state index contributed by atoms with van der Waals surface area (Å²) in [6.45, 7) is 0. The Balaban J connectivity index is 2.22. The van der Waals surface area contributed by atoms with Crippen LogP contribution in [0.15, 0.2) is 45.3 Å². The van der Waals surface area contributed by atoms with Crippen LogP contribution in [-0.2, 0) is 0 Å². The Labute approximate surface area is 117 Å². The van der Waals surface area contributed by atoms with Crippen LogP contribution in [0.2, 0.25) is 5.02 Å². The molecule has 18 heavy (non-hydrogen) atoms. The number of oxazole rings is 1. The number of benzene rings is 2. The monoisotopic (exact) mass is 322 g/mol. The van der Waals surface area contributed by atoms with Crippen LogP contribution in [0, 0.1) is 0 Å². The number of fused-ring (bicyclic) bond motifs is 1. The average molecular weight is 324 g/mol. The van der Waals surface area contributed by atoms with Crippen LogP contribution in [0.4, 0.5) is 5.69 Å². The number of nitrogens with two attached hydrogens (primary N) is 1. The van der Waals surface area contributed by atoms with Gasteiger partial charge in [0.2, 0.25) is 5.89 Å². The van der Waals surface area contributed by atoms with Crippen LogP contribution in [-0.4, -0.2) is 4.98 Å². The van der Waals surface area contributed by atoms with Gasteiger partial charge in [-0.2, -0.15) is 0 Å². The van der Waals surface area contributed by atoms with E-state index in [1.165, 1.54) is 0 Å². The molecule has 0 aliphatic heterocycles. The number of anilines is 1. The third kappa shape index (κ3) is 1.98. The van der Waals surface area contributed by atoms with E-state index in [-0.39, 0.29) is 0 Å². The zero-order chi connectivity index (χ0) is 12.7. The second kappa shape index (κ2) is 4.30. The molecule has 0 bridgehead atoms. The minimum atomic E-state index is 0.473. The van der Waals surface area contributed by atoms with Crippen molar-refractivity contribution >= 4 is 44.3 Å². The van der Waals surface area contributed by atoms with E-state index < -0.39 is 0 Å². The smallest absolute Gasteiger partial charge is 0.228 e. The van der Waals surface area contributed by atoms with Gasteiger partial charge in [-0.3, -0.25) is 0 Å². The first-order valence-electron chi connectivity index (χ1n) is 5.25. The average Bonchev–Trinajstić information content (AvgIpc) is 2.74. The molecule has 0 radical (unpaired) electrons. The van der Waals surface area contributed by atoms with Gasteiger partial charge in [0.05, 0.1) is 10.6 Å². The Morgan fingerprint density at radius 2 is 2.00 bits per heavy atom. The number of aromatic nitrogens is 1. The van der Waals surface area contributed by atoms with Crippen LogP contribution in [0.5, 0.6) is 0 Å². The molecule has 0 atom stereocenters. The van der Waals surface area contributed by atoms with Crippen molar-refractivity contribution in [3.63, 3.8) is 0 Å². The predicted octanol–water partition coefficient (Wildman–Crippen LogP) is 4.49. The number of hydrogen-bond acceptors (Lipinski definition) is 3. The van der Waals surface area contributed by atoms with Gasteiger partial charge in [-0.25, -0.2) is 4.98 Å². The Morgan fingerprint density at radius 1 is 1.17 bits per heavy atom. The first-order valence-corrected chi connectivity index (χ1v) is 6.42. The zero-order valence-electron chi connectivity index (χ0n) is 9.15. The molecule has 0 unspecified atom stereocenters. The molecule has 1 heterocycles. The molecule has 0 spiro atoms. The van der Waals surface area contributed by atoms with Crippen molar-refractivity contribution in [2.75, 3.05) is 5.73 Å². The molecule has 1 aromatic heterocycles. The van der Waals surface area contributed by atoms with Gasteiger partial charge in [-0.1, -0.05) is 27.5 Å². The minimum absolute atomic E-state index is 0.473. The summed E-state index contributed by atoms with van der Waals surface area (Å²) in [7, 11) is 0. The summed E-state index contributed by atoms with van der Waals surface area (Å²) in [6.07, 6.45) is 0. The summed E-state index contributed by atoms with van der Waals surface area (Å²) in [5, 5.41) is 0.565. The van der Waals surface area contributed by atoms with E-state index in [0.717, 1.165) is 9.99 Å². The molecular formula is C13H8BrClN2O. The summed E-state index contributed by atoms with van der Waals surface area (Å²) in [5.41, 5.74) is 8.56. The fraction of sp³-hybridized carbons (Fsp3) is 0. The normalized spacial score (nSPS) is 11.0. The second-order valence-corrected chi connectivity index (χ2v) is 5.19. The molecule has 3 rings (SSSR count). The molecule has 90 valence electrons. The standard InChI is InChI=1S/C13H8BrClN2O/c14-7-1-4-12-11(5-7)17-13(18-12)9-6-8(16)2-3-10(9)15/h1-6H,16H2. The van der Waals surface area contributed by atoms with Crippen LogP contribution >= 0.6 is 27.5 Å². The lowest BCUT2D eigenvalue weighted by Gasteiger charge is -2.00. The Bertz CT molecular complexity index is 739. The SMILES string of the molecule is Nc1ccc(Cl)c(-c2nc3cc(Br)ccc3o2)c1. The lowest BCUT2D eigenvalue weighted by Crippen LogP contribution is -1.86. The zero-order valence-corrected chi connectivity index (χ0v) is 11.5. The first-order chi connectivity index (χ1) is 8.63. The van der Waals surface area contributed by atoms with Gasteiger partial charge in [0.15, 0.2) is 5.58 Å². The maximum absolute atomic E-state index is 6.12. The van der Waals surface area contributed by atoms with Crippen LogP contribution in [0.25, 0.3) is 22.6 Å². The van der Waals surface area contributed by atoms with Gasteiger partial charge in [0.1, 0.15) is 5.52 Å². The molecule has 2 aromatic carbocycles. The quantitative estimate of drug-likeness (QED) is 0.671. The minimum Gasteiger partial charge on any atom is -0.436 e. The number of nitrogens with zero attached hydrogens (tertiary/aromatic N) is 1. The Hall–Kier alpha value is -1.52. The van der Waals surface area contributed by atoms with Crippen molar-refractivity contribution < 1.29 is 4.42 Å². The van der Waals surface area contributed by atoms with Crippen molar-refractivity contribution in [3.8, 4) is 11.5 Å². The third-order valence-electron chi connectivity index (χ3n) is 2.57. The van der Waals surface area contributed by atoms with Gasteiger partial charge in [0, 0.05) is 10.2 Å². The summed E-state index contributed by atoms with van der Waals surface area (Å²) in [6, 6.07) is 10.9. The van der Waals surface area contributed by atoms with Gasteiger partial charge in [-0.15, -0.1) is 0 Å². The van der Waals surface area contributed by atoms with Gasteiger partial charge < -0.3 is 10.2 Å². The highest BCUT2D eigenvalue weighted by atomic mass is 79.9. The van der Waals surface area contributed by atoms with Crippen molar-refractivity contribution in [2.24, 2.45) is 0 Å². The maximum atomic E-state index is 6.12. The molecule has 0 saturated carbocycles. The molecular weight excluding hydrogens is 316 g/mol. The van der Waals surface area contributed by atoms with E-state index in [4.69, 9.17) is 21.8 Å². The van der Waals surface area contributed by atoms with E-state index in [0.29, 0.717) is 27.7 Å². The molecule has 0 aliphatic carbocycles. The number of rotatable bonds is 1. The summed E-state index contributed by atoms with van der Waals surface area (Å²) in [5.74, 6) is 0.473. The van der Waals surface area contributed by atoms with E-state index in [1.807, 2.05) is 18.2 Å². The summed E-state index contributed by atoms with van der Waals surface area (Å²) in [4.78, 5) is 4.41. The van der Waals surface area contributed by atoms with Crippen molar-refractivity contribution in [1.82, 2.24) is 4.98 Å². The molecule has 0 saturated heterocycles. The highest BCUT2D eigenvalue weighted by molar-refractivity contribution is 9.10. The van der Waals surface area contributed by atoms with Gasteiger partial charge >= 0.3 is 0 Å². The fourth-order valence-corrected chi connectivity index (χ4v) is 2.27. The largest absolute Gasteiger partial charge is 0.436 e. The second-order valence-electron chi connectivity index (χ2n) is 3.87. The number of hydrogen-bond donors (Lipinski definition) is 1. The number of nitrogen functional groups attached to an aromatic ring is 1. The third-order valence-corrected chi connectivity index (χ3v) is 3.39. The van der Waals surface area contributed by atoms with Crippen LogP contribution < -0.4 is 5.73 Å². The fourth-order valence-electron chi connectivity index (χ4n) is 1.72. The molecule has 5 heteroatoms. The lowest BCUT2D eigenvalue weighted by molar-refractivity contribution is 0.620. The lowest BCUT2D eigenvalue weighted by atomic mass is 10.2. The molecule has 2 N–H and O–H groups in total. The number of halogens is 2. The van der Waals surface area contributed by atoms with E-state index in [2.05, 4.69) is 20.9 Å². The summed E-state index contributed by atoms with van der Waals surface area (Å²) < 4.78 is 6.63. The van der Waals surface area contributed by atoms with Crippen LogP contribution in [0.1, 0.15) is 0 Å². The molecule has 3 nitrogen and oxygen atoms in total. The van der Waals surface area contributed by atoms with E-state index in [9.17, 15) is 0 Å². The molecule has 0 amide bonds. The van der Waals surface area contributed by atoms with E-state index >= 15 is 0 Å². The predicted molar refractivity (Wildman–Crippen MR) is 76.6 cm³/mol.